The molecule has 0 saturated carbocycles. The SMILES string of the molecule is O=C(O)C=Cc1ccc(N2CCS(=O)CC2)c(F)c1. The summed E-state index contributed by atoms with van der Waals surface area (Å²) in [7, 11) is -0.795. The van der Waals surface area contributed by atoms with Crippen molar-refractivity contribution in [3.05, 3.63) is 35.7 Å². The minimum atomic E-state index is -1.07. The Morgan fingerprint density at radius 3 is 2.63 bits per heavy atom. The fourth-order valence-corrected chi connectivity index (χ4v) is 2.98. The van der Waals surface area contributed by atoms with Crippen LogP contribution in [0, 0.1) is 5.82 Å². The lowest BCUT2D eigenvalue weighted by Gasteiger charge is -2.28. The second-order valence-electron chi connectivity index (χ2n) is 4.22. The fourth-order valence-electron chi connectivity index (χ4n) is 1.93. The summed E-state index contributed by atoms with van der Waals surface area (Å²) in [5.74, 6) is -0.344. The number of carbonyl (C=O) groups is 1. The summed E-state index contributed by atoms with van der Waals surface area (Å²) in [4.78, 5) is 12.2. The Hall–Kier alpha value is -1.69. The number of halogens is 1. The molecule has 1 aromatic rings. The van der Waals surface area contributed by atoms with Gasteiger partial charge in [0.15, 0.2) is 0 Å². The summed E-state index contributed by atoms with van der Waals surface area (Å²) >= 11 is 0. The van der Waals surface area contributed by atoms with Gasteiger partial charge in [0.05, 0.1) is 5.69 Å². The van der Waals surface area contributed by atoms with Gasteiger partial charge in [-0.05, 0) is 23.8 Å². The minimum absolute atomic E-state index is 0.389. The van der Waals surface area contributed by atoms with Gasteiger partial charge in [-0.25, -0.2) is 9.18 Å². The van der Waals surface area contributed by atoms with Crippen LogP contribution in [0.3, 0.4) is 0 Å². The predicted octanol–water partition coefficient (Wildman–Crippen LogP) is 1.49. The Balaban J connectivity index is 2.15. The number of hydrogen-bond donors (Lipinski definition) is 1. The van der Waals surface area contributed by atoms with Gasteiger partial charge in [-0.3, -0.25) is 4.21 Å². The van der Waals surface area contributed by atoms with Gasteiger partial charge < -0.3 is 10.0 Å². The summed E-state index contributed by atoms with van der Waals surface area (Å²) in [5, 5.41) is 8.51. The van der Waals surface area contributed by atoms with Crippen molar-refractivity contribution < 1.29 is 18.5 Å². The van der Waals surface area contributed by atoms with Gasteiger partial charge in [-0.2, -0.15) is 0 Å². The van der Waals surface area contributed by atoms with E-state index in [0.29, 0.717) is 35.8 Å². The van der Waals surface area contributed by atoms with Crippen molar-refractivity contribution in [2.45, 2.75) is 0 Å². The van der Waals surface area contributed by atoms with E-state index in [0.717, 1.165) is 6.08 Å². The van der Waals surface area contributed by atoms with E-state index < -0.39 is 16.8 Å². The van der Waals surface area contributed by atoms with Crippen LogP contribution in [0.4, 0.5) is 10.1 Å². The highest BCUT2D eigenvalue weighted by molar-refractivity contribution is 7.85. The van der Waals surface area contributed by atoms with E-state index in [1.807, 2.05) is 4.90 Å². The maximum atomic E-state index is 14.0. The average molecular weight is 283 g/mol. The lowest BCUT2D eigenvalue weighted by atomic mass is 10.1. The molecule has 1 aliphatic rings. The van der Waals surface area contributed by atoms with Crippen LogP contribution in [0.5, 0.6) is 0 Å². The zero-order valence-electron chi connectivity index (χ0n) is 10.2. The van der Waals surface area contributed by atoms with Gasteiger partial charge in [-0.15, -0.1) is 0 Å². The second-order valence-corrected chi connectivity index (χ2v) is 5.91. The molecule has 0 unspecified atom stereocenters. The third-order valence-electron chi connectivity index (χ3n) is 2.91. The Morgan fingerprint density at radius 1 is 1.37 bits per heavy atom. The number of rotatable bonds is 3. The molecule has 19 heavy (non-hydrogen) atoms. The van der Waals surface area contributed by atoms with Crippen molar-refractivity contribution in [3.63, 3.8) is 0 Å². The van der Waals surface area contributed by atoms with Crippen LogP contribution in [0.15, 0.2) is 24.3 Å². The van der Waals surface area contributed by atoms with E-state index in [-0.39, 0.29) is 5.82 Å². The first-order chi connectivity index (χ1) is 9.06. The van der Waals surface area contributed by atoms with Crippen molar-refractivity contribution in [1.82, 2.24) is 0 Å². The van der Waals surface area contributed by atoms with Gasteiger partial charge >= 0.3 is 5.97 Å². The topological polar surface area (TPSA) is 57.6 Å². The van der Waals surface area contributed by atoms with E-state index in [2.05, 4.69) is 0 Å². The Kier molecular flexibility index (Phi) is 4.31. The number of anilines is 1. The quantitative estimate of drug-likeness (QED) is 0.854. The molecule has 0 aliphatic carbocycles. The molecule has 0 bridgehead atoms. The molecule has 0 radical (unpaired) electrons. The Bertz CT molecular complexity index is 535. The highest BCUT2D eigenvalue weighted by Gasteiger charge is 2.18. The highest BCUT2D eigenvalue weighted by atomic mass is 32.2. The third kappa shape index (κ3) is 3.64. The van der Waals surface area contributed by atoms with Gasteiger partial charge in [-0.1, -0.05) is 6.07 Å². The maximum absolute atomic E-state index is 14.0. The van der Waals surface area contributed by atoms with E-state index in [4.69, 9.17) is 5.11 Å². The number of carboxylic acid groups (broad SMARTS) is 1. The molecule has 2 rings (SSSR count). The summed E-state index contributed by atoms with van der Waals surface area (Å²) in [6.45, 7) is 1.15. The molecule has 1 aliphatic heterocycles. The average Bonchev–Trinajstić information content (AvgIpc) is 2.38. The Morgan fingerprint density at radius 2 is 2.05 bits per heavy atom. The molecular weight excluding hydrogens is 269 g/mol. The normalized spacial score (nSPS) is 17.0. The first-order valence-corrected chi connectivity index (χ1v) is 7.35. The van der Waals surface area contributed by atoms with E-state index in [1.54, 1.807) is 12.1 Å². The van der Waals surface area contributed by atoms with Crippen LogP contribution in [0.2, 0.25) is 0 Å². The summed E-state index contributed by atoms with van der Waals surface area (Å²) in [6, 6.07) is 4.61. The monoisotopic (exact) mass is 283 g/mol. The second kappa shape index (κ2) is 5.97. The molecule has 1 aromatic carbocycles. The van der Waals surface area contributed by atoms with Crippen LogP contribution in [0.1, 0.15) is 5.56 Å². The standard InChI is InChI=1S/C13H14FNO3S/c14-11-9-10(2-4-13(16)17)1-3-12(11)15-5-7-19(18)8-6-15/h1-4,9H,5-8H2,(H,16,17). The van der Waals surface area contributed by atoms with Crippen molar-refractivity contribution in [3.8, 4) is 0 Å². The molecule has 1 N–H and O–H groups in total. The van der Waals surface area contributed by atoms with Crippen molar-refractivity contribution in [1.29, 1.82) is 0 Å². The molecule has 0 spiro atoms. The van der Waals surface area contributed by atoms with E-state index >= 15 is 0 Å². The first kappa shape index (κ1) is 13.7. The smallest absolute Gasteiger partial charge is 0.328 e. The number of nitrogens with zero attached hydrogens (tertiary/aromatic N) is 1. The van der Waals surface area contributed by atoms with Gasteiger partial charge in [0.1, 0.15) is 5.82 Å². The number of aliphatic carboxylic acids is 1. The summed E-state index contributed by atoms with van der Waals surface area (Å²) < 4.78 is 25.2. The van der Waals surface area contributed by atoms with Crippen LogP contribution in [-0.4, -0.2) is 39.9 Å². The van der Waals surface area contributed by atoms with Crippen LogP contribution >= 0.6 is 0 Å². The number of benzene rings is 1. The molecule has 1 heterocycles. The molecule has 1 fully saturated rings. The van der Waals surface area contributed by atoms with Crippen molar-refractivity contribution >= 4 is 28.5 Å². The van der Waals surface area contributed by atoms with Crippen LogP contribution in [0.25, 0.3) is 6.08 Å². The predicted molar refractivity (Wildman–Crippen MR) is 73.2 cm³/mol. The van der Waals surface area contributed by atoms with Crippen molar-refractivity contribution in [2.75, 3.05) is 29.5 Å². The zero-order valence-corrected chi connectivity index (χ0v) is 11.0. The molecular formula is C13H14FNO3S. The zero-order chi connectivity index (χ0) is 13.8. The van der Waals surface area contributed by atoms with E-state index in [9.17, 15) is 13.4 Å². The lowest BCUT2D eigenvalue weighted by Crippen LogP contribution is -2.38. The number of carboxylic acids is 1. The van der Waals surface area contributed by atoms with E-state index in [1.165, 1.54) is 12.1 Å². The molecule has 0 atom stereocenters. The summed E-state index contributed by atoms with van der Waals surface area (Å²) in [6.07, 6.45) is 2.32. The molecule has 0 amide bonds. The fraction of sp³-hybridized carbons (Fsp3) is 0.308. The molecule has 4 nitrogen and oxygen atoms in total. The molecule has 6 heteroatoms. The lowest BCUT2D eigenvalue weighted by molar-refractivity contribution is -0.131. The Labute approximate surface area is 113 Å². The highest BCUT2D eigenvalue weighted by Crippen LogP contribution is 2.22. The maximum Gasteiger partial charge on any atom is 0.328 e. The summed E-state index contributed by atoms with van der Waals surface area (Å²) in [5.41, 5.74) is 0.980. The number of hydrogen-bond acceptors (Lipinski definition) is 3. The third-order valence-corrected chi connectivity index (χ3v) is 4.18. The molecule has 1 saturated heterocycles. The van der Waals surface area contributed by atoms with Crippen LogP contribution in [-0.2, 0) is 15.6 Å². The van der Waals surface area contributed by atoms with Gasteiger partial charge in [0, 0.05) is 41.5 Å². The molecule has 102 valence electrons. The molecule has 0 aromatic heterocycles. The minimum Gasteiger partial charge on any atom is -0.478 e. The first-order valence-electron chi connectivity index (χ1n) is 5.87. The largest absolute Gasteiger partial charge is 0.478 e. The van der Waals surface area contributed by atoms with Gasteiger partial charge in [0.2, 0.25) is 0 Å². The van der Waals surface area contributed by atoms with Crippen molar-refractivity contribution in [2.24, 2.45) is 0 Å². The van der Waals surface area contributed by atoms with Crippen LogP contribution < -0.4 is 4.90 Å². The van der Waals surface area contributed by atoms with Gasteiger partial charge in [0.25, 0.3) is 0 Å².